The summed E-state index contributed by atoms with van der Waals surface area (Å²) in [7, 11) is 1.55. The summed E-state index contributed by atoms with van der Waals surface area (Å²) in [6.45, 7) is 0.00738. The molecule has 0 bridgehead atoms. The molecule has 6 nitrogen and oxygen atoms in total. The van der Waals surface area contributed by atoms with E-state index in [1.54, 1.807) is 31.3 Å². The molecule has 1 heterocycles. The molecule has 0 fully saturated rings. The number of aromatic nitrogens is 2. The lowest BCUT2D eigenvalue weighted by Crippen LogP contribution is -2.40. The van der Waals surface area contributed by atoms with Crippen LogP contribution in [0.4, 0.5) is 4.39 Å². The second-order valence-electron chi connectivity index (χ2n) is 5.22. The summed E-state index contributed by atoms with van der Waals surface area (Å²) in [6, 6.07) is 14.2. The lowest BCUT2D eigenvalue weighted by atomic mass is 10.2. The number of amides is 1. The molecule has 122 valence electrons. The summed E-state index contributed by atoms with van der Waals surface area (Å²) in [5, 5.41) is 15.6. The Morgan fingerprint density at radius 2 is 1.88 bits per heavy atom. The molecule has 0 N–H and O–H groups in total. The molecule has 3 aromatic rings. The van der Waals surface area contributed by atoms with Gasteiger partial charge in [-0.2, -0.15) is 0 Å². The number of nitrogens with zero attached hydrogens (tertiary/aromatic N) is 3. The van der Waals surface area contributed by atoms with Gasteiger partial charge in [0.1, 0.15) is 12.4 Å². The van der Waals surface area contributed by atoms with Crippen molar-refractivity contribution in [2.75, 3.05) is 7.05 Å². The van der Waals surface area contributed by atoms with E-state index < -0.39 is 11.8 Å². The highest BCUT2D eigenvalue weighted by atomic mass is 19.1. The Morgan fingerprint density at radius 1 is 1.21 bits per heavy atom. The van der Waals surface area contributed by atoms with E-state index in [-0.39, 0.29) is 18.1 Å². The minimum absolute atomic E-state index is 0.00738. The molecule has 0 saturated heterocycles. The second-order valence-corrected chi connectivity index (χ2v) is 5.22. The molecule has 0 saturated carbocycles. The summed E-state index contributed by atoms with van der Waals surface area (Å²) >= 11 is 0. The van der Waals surface area contributed by atoms with Gasteiger partial charge >= 0.3 is 0 Å². The Balaban J connectivity index is 1.84. The van der Waals surface area contributed by atoms with Gasteiger partial charge in [0, 0.05) is 24.7 Å². The number of halogens is 1. The van der Waals surface area contributed by atoms with Gasteiger partial charge in [-0.25, -0.2) is 4.39 Å². The maximum atomic E-state index is 13.0. The number of carbonyl (C=O) groups excluding carboxylic acids is 1. The standard InChI is InChI=1S/C17H14FN3O3/c1-20(16(22)12-7-9-13(18)10-8-12)11-15-17(23)24-19-21(15)14-5-3-2-4-6-14/h2-10H,11H2,1H3. The number of para-hydroxylation sites is 1. The summed E-state index contributed by atoms with van der Waals surface area (Å²) in [6.07, 6.45) is 0. The van der Waals surface area contributed by atoms with Gasteiger partial charge in [0.05, 0.1) is 5.27 Å². The van der Waals surface area contributed by atoms with Gasteiger partial charge in [-0.1, -0.05) is 18.2 Å². The van der Waals surface area contributed by atoms with Crippen LogP contribution in [-0.4, -0.2) is 23.1 Å². The van der Waals surface area contributed by atoms with Gasteiger partial charge in [0.15, 0.2) is 5.95 Å². The molecule has 0 spiro atoms. The van der Waals surface area contributed by atoms with Gasteiger partial charge in [0.2, 0.25) is 5.69 Å². The maximum absolute atomic E-state index is 13.0. The third kappa shape index (κ3) is 3.10. The van der Waals surface area contributed by atoms with E-state index in [1.807, 2.05) is 6.07 Å². The Kier molecular flexibility index (Phi) is 4.24. The summed E-state index contributed by atoms with van der Waals surface area (Å²) in [5.74, 6) is -1.37. The fraction of sp³-hybridized carbons (Fsp3) is 0.118. The second kappa shape index (κ2) is 6.49. The number of carbonyl (C=O) groups is 1. The minimum atomic E-state index is -0.613. The van der Waals surface area contributed by atoms with Crippen molar-refractivity contribution in [1.29, 1.82) is 0 Å². The number of hydrogen-bond acceptors (Lipinski definition) is 4. The van der Waals surface area contributed by atoms with Crippen LogP contribution in [0.15, 0.2) is 59.1 Å². The van der Waals surface area contributed by atoms with E-state index in [0.29, 0.717) is 11.3 Å². The molecule has 0 unspecified atom stereocenters. The van der Waals surface area contributed by atoms with Crippen molar-refractivity contribution >= 4 is 5.91 Å². The topological polar surface area (TPSA) is 73.3 Å². The third-order valence-corrected chi connectivity index (χ3v) is 3.52. The predicted molar refractivity (Wildman–Crippen MR) is 79.7 cm³/mol. The van der Waals surface area contributed by atoms with E-state index in [9.17, 15) is 14.3 Å². The Labute approximate surface area is 137 Å². The lowest BCUT2D eigenvalue weighted by molar-refractivity contribution is -0.678. The van der Waals surface area contributed by atoms with Crippen LogP contribution < -0.4 is 9.79 Å². The van der Waals surface area contributed by atoms with Crippen LogP contribution in [0, 0.1) is 5.82 Å². The van der Waals surface area contributed by atoms with Crippen LogP contribution in [0.1, 0.15) is 16.1 Å². The van der Waals surface area contributed by atoms with Crippen molar-refractivity contribution in [2.45, 2.75) is 6.54 Å². The first kappa shape index (κ1) is 15.7. The van der Waals surface area contributed by atoms with Crippen molar-refractivity contribution < 1.29 is 23.5 Å². The zero-order chi connectivity index (χ0) is 17.1. The maximum Gasteiger partial charge on any atom is 0.259 e. The van der Waals surface area contributed by atoms with E-state index in [1.165, 1.54) is 33.8 Å². The highest BCUT2D eigenvalue weighted by Gasteiger charge is 2.24. The van der Waals surface area contributed by atoms with Crippen molar-refractivity contribution in [3.05, 3.63) is 71.7 Å². The van der Waals surface area contributed by atoms with Crippen molar-refractivity contribution in [3.63, 3.8) is 0 Å². The van der Waals surface area contributed by atoms with E-state index >= 15 is 0 Å². The largest absolute Gasteiger partial charge is 0.539 e. The number of hydrogen-bond donors (Lipinski definition) is 0. The van der Waals surface area contributed by atoms with Gasteiger partial charge < -0.3 is 14.5 Å². The Morgan fingerprint density at radius 3 is 2.54 bits per heavy atom. The quantitative estimate of drug-likeness (QED) is 0.680. The van der Waals surface area contributed by atoms with Crippen LogP contribution in [0.5, 0.6) is 5.95 Å². The number of rotatable bonds is 4. The molecule has 1 amide bonds. The molecule has 24 heavy (non-hydrogen) atoms. The third-order valence-electron chi connectivity index (χ3n) is 3.52. The fourth-order valence-electron chi connectivity index (χ4n) is 2.28. The zero-order valence-corrected chi connectivity index (χ0v) is 12.8. The van der Waals surface area contributed by atoms with Crippen LogP contribution >= 0.6 is 0 Å². The van der Waals surface area contributed by atoms with Gasteiger partial charge in [-0.3, -0.25) is 4.79 Å². The minimum Gasteiger partial charge on any atom is -0.539 e. The zero-order valence-electron chi connectivity index (χ0n) is 12.8. The fourth-order valence-corrected chi connectivity index (χ4v) is 2.28. The molecule has 3 rings (SSSR count). The van der Waals surface area contributed by atoms with E-state index in [0.717, 1.165) is 0 Å². The molecule has 1 aromatic heterocycles. The monoisotopic (exact) mass is 327 g/mol. The summed E-state index contributed by atoms with van der Waals surface area (Å²) in [5.41, 5.74) is 1.20. The average molecular weight is 327 g/mol. The molecule has 7 heteroatoms. The lowest BCUT2D eigenvalue weighted by Gasteiger charge is -2.15. The first-order valence-electron chi connectivity index (χ1n) is 7.20. The molecule has 0 aliphatic heterocycles. The summed E-state index contributed by atoms with van der Waals surface area (Å²) < 4.78 is 19.0. The van der Waals surface area contributed by atoms with Crippen LogP contribution in [0.2, 0.25) is 0 Å². The molecule has 0 radical (unpaired) electrons. The molecular weight excluding hydrogens is 313 g/mol. The molecular formula is C17H14FN3O3. The van der Waals surface area contributed by atoms with E-state index in [4.69, 9.17) is 4.52 Å². The smallest absolute Gasteiger partial charge is 0.259 e. The van der Waals surface area contributed by atoms with Crippen LogP contribution in [0.25, 0.3) is 5.69 Å². The van der Waals surface area contributed by atoms with Crippen molar-refractivity contribution in [1.82, 2.24) is 10.2 Å². The van der Waals surface area contributed by atoms with Crippen LogP contribution in [-0.2, 0) is 6.54 Å². The highest BCUT2D eigenvalue weighted by Crippen LogP contribution is 2.14. The first-order valence-corrected chi connectivity index (χ1v) is 7.20. The number of benzene rings is 2. The molecule has 0 aliphatic rings. The van der Waals surface area contributed by atoms with E-state index in [2.05, 4.69) is 5.27 Å². The Bertz CT molecular complexity index is 847. The van der Waals surface area contributed by atoms with Gasteiger partial charge in [-0.05, 0) is 28.9 Å². The predicted octanol–water partition coefficient (Wildman–Crippen LogP) is 1.44. The molecule has 0 atom stereocenters. The SMILES string of the molecule is CN(Cc1c([O-])on[n+]1-c1ccccc1)C(=O)c1ccc(F)cc1. The van der Waals surface area contributed by atoms with Crippen molar-refractivity contribution in [3.8, 4) is 11.6 Å². The Hall–Kier alpha value is -3.22. The summed E-state index contributed by atoms with van der Waals surface area (Å²) in [4.78, 5) is 13.7. The first-order chi connectivity index (χ1) is 11.6. The van der Waals surface area contributed by atoms with Gasteiger partial charge in [-0.15, -0.1) is 0 Å². The normalized spacial score (nSPS) is 10.6. The molecule has 2 aromatic carbocycles. The average Bonchev–Trinajstić information content (AvgIpc) is 2.96. The highest BCUT2D eigenvalue weighted by molar-refractivity contribution is 5.93. The van der Waals surface area contributed by atoms with Crippen LogP contribution in [0.3, 0.4) is 0 Å². The molecule has 0 aliphatic carbocycles. The van der Waals surface area contributed by atoms with Crippen molar-refractivity contribution in [2.24, 2.45) is 0 Å². The van der Waals surface area contributed by atoms with Gasteiger partial charge in [0.25, 0.3) is 11.6 Å².